The van der Waals surface area contributed by atoms with Crippen molar-refractivity contribution in [3.8, 4) is 0 Å². The molecule has 0 bridgehead atoms. The van der Waals surface area contributed by atoms with Crippen molar-refractivity contribution < 1.29 is 14.3 Å². The molecule has 2 rings (SSSR count). The highest BCUT2D eigenvalue weighted by Crippen LogP contribution is 2.11. The molecule has 0 aliphatic carbocycles. The Morgan fingerprint density at radius 1 is 1.15 bits per heavy atom. The van der Waals surface area contributed by atoms with E-state index in [4.69, 9.17) is 4.74 Å². The number of amides is 2. The Labute approximate surface area is 154 Å². The van der Waals surface area contributed by atoms with E-state index in [1.807, 2.05) is 37.3 Å². The van der Waals surface area contributed by atoms with E-state index in [0.29, 0.717) is 12.1 Å². The topological polar surface area (TPSA) is 80.3 Å². The van der Waals surface area contributed by atoms with Crippen LogP contribution in [0.5, 0.6) is 0 Å². The number of hydrogen-bond donors (Lipinski definition) is 2. The zero-order valence-corrected chi connectivity index (χ0v) is 15.6. The molecule has 2 amide bonds. The second kappa shape index (κ2) is 8.47. The van der Waals surface area contributed by atoms with E-state index in [9.17, 15) is 9.59 Å². The van der Waals surface area contributed by atoms with Crippen LogP contribution in [-0.4, -0.2) is 28.6 Å². The summed E-state index contributed by atoms with van der Waals surface area (Å²) in [6.07, 6.45) is 1.36. The molecule has 1 aromatic heterocycles. The number of nitrogens with one attached hydrogen (secondary N) is 2. The van der Waals surface area contributed by atoms with Crippen molar-refractivity contribution in [1.29, 1.82) is 0 Å². The predicted octanol–water partition coefficient (Wildman–Crippen LogP) is 3.46. The van der Waals surface area contributed by atoms with Gasteiger partial charge in [0.15, 0.2) is 0 Å². The molecule has 1 aromatic carbocycles. The third-order valence-electron chi connectivity index (χ3n) is 3.45. The van der Waals surface area contributed by atoms with Crippen LogP contribution in [0.1, 0.15) is 32.0 Å². The molecule has 2 N–H and O–H groups in total. The van der Waals surface area contributed by atoms with E-state index in [1.165, 1.54) is 0 Å². The zero-order chi connectivity index (χ0) is 19.2. The van der Waals surface area contributed by atoms with Gasteiger partial charge in [-0.25, -0.2) is 4.79 Å². The highest BCUT2D eigenvalue weighted by molar-refractivity contribution is 5.96. The van der Waals surface area contributed by atoms with Crippen LogP contribution in [0.25, 0.3) is 0 Å². The fourth-order valence-electron chi connectivity index (χ4n) is 2.36. The maximum Gasteiger partial charge on any atom is 0.408 e. The quantitative estimate of drug-likeness (QED) is 0.861. The van der Waals surface area contributed by atoms with Gasteiger partial charge in [0.1, 0.15) is 11.6 Å². The molecule has 0 saturated carbocycles. The first-order chi connectivity index (χ1) is 12.2. The summed E-state index contributed by atoms with van der Waals surface area (Å²) >= 11 is 0. The minimum Gasteiger partial charge on any atom is -0.444 e. The molecule has 2 aromatic rings. The summed E-state index contributed by atoms with van der Waals surface area (Å²) < 4.78 is 5.29. The third kappa shape index (κ3) is 6.55. The number of aromatic nitrogens is 1. The summed E-state index contributed by atoms with van der Waals surface area (Å²) in [7, 11) is 0. The van der Waals surface area contributed by atoms with Crippen molar-refractivity contribution in [2.45, 2.75) is 45.8 Å². The molecule has 0 radical (unpaired) electrons. The summed E-state index contributed by atoms with van der Waals surface area (Å²) in [4.78, 5) is 29.0. The lowest BCUT2D eigenvalue weighted by atomic mass is 10.1. The van der Waals surface area contributed by atoms with Gasteiger partial charge in [-0.15, -0.1) is 0 Å². The van der Waals surface area contributed by atoms with E-state index in [1.54, 1.807) is 39.1 Å². The number of aryl methyl sites for hydroxylation is 1. The SMILES string of the molecule is Cc1cc(NC(=O)[C@H](Cc2ccccc2)NC(=O)OC(C)(C)C)ccn1. The first kappa shape index (κ1) is 19.4. The number of benzene rings is 1. The number of nitrogens with zero attached hydrogens (tertiary/aromatic N) is 1. The van der Waals surface area contributed by atoms with Crippen molar-refractivity contribution >= 4 is 17.7 Å². The average Bonchev–Trinajstić information content (AvgIpc) is 2.53. The van der Waals surface area contributed by atoms with Gasteiger partial charge < -0.3 is 15.4 Å². The van der Waals surface area contributed by atoms with Crippen LogP contribution >= 0.6 is 0 Å². The molecular weight excluding hydrogens is 330 g/mol. The molecule has 0 saturated heterocycles. The van der Waals surface area contributed by atoms with Crippen LogP contribution in [0.4, 0.5) is 10.5 Å². The number of hydrogen-bond acceptors (Lipinski definition) is 4. The van der Waals surface area contributed by atoms with Crippen molar-refractivity contribution in [3.05, 3.63) is 59.9 Å². The van der Waals surface area contributed by atoms with Crippen molar-refractivity contribution in [3.63, 3.8) is 0 Å². The second-order valence-electron chi connectivity index (χ2n) is 7.06. The van der Waals surface area contributed by atoms with Crippen LogP contribution in [0.2, 0.25) is 0 Å². The minimum absolute atomic E-state index is 0.315. The summed E-state index contributed by atoms with van der Waals surface area (Å²) in [6.45, 7) is 7.17. The predicted molar refractivity (Wildman–Crippen MR) is 101 cm³/mol. The number of pyridine rings is 1. The van der Waals surface area contributed by atoms with E-state index < -0.39 is 17.7 Å². The number of carbonyl (C=O) groups is 2. The van der Waals surface area contributed by atoms with E-state index in [2.05, 4.69) is 15.6 Å². The standard InChI is InChI=1S/C20H25N3O3/c1-14-12-16(10-11-21-14)22-18(24)17(13-15-8-6-5-7-9-15)23-19(25)26-20(2,3)4/h5-12,17H,13H2,1-4H3,(H,23,25)(H,21,22,24)/t17-/m0/s1. The van der Waals surface area contributed by atoms with Gasteiger partial charge in [0.05, 0.1) is 0 Å². The molecule has 0 unspecified atom stereocenters. The van der Waals surface area contributed by atoms with Crippen molar-refractivity contribution in [2.75, 3.05) is 5.32 Å². The number of rotatable bonds is 5. The summed E-state index contributed by atoms with van der Waals surface area (Å²) in [5.41, 5.74) is 1.73. The molecule has 138 valence electrons. The van der Waals surface area contributed by atoms with Gasteiger partial charge in [0, 0.05) is 24.0 Å². The molecule has 1 heterocycles. The first-order valence-electron chi connectivity index (χ1n) is 8.50. The van der Waals surface area contributed by atoms with Crippen LogP contribution in [0.15, 0.2) is 48.7 Å². The molecule has 6 nitrogen and oxygen atoms in total. The zero-order valence-electron chi connectivity index (χ0n) is 15.6. The Bertz CT molecular complexity index is 754. The van der Waals surface area contributed by atoms with Gasteiger partial charge in [0.2, 0.25) is 5.91 Å². The molecule has 26 heavy (non-hydrogen) atoms. The Morgan fingerprint density at radius 2 is 1.85 bits per heavy atom. The monoisotopic (exact) mass is 355 g/mol. The lowest BCUT2D eigenvalue weighted by Crippen LogP contribution is -2.47. The van der Waals surface area contributed by atoms with Gasteiger partial charge in [-0.2, -0.15) is 0 Å². The molecule has 0 fully saturated rings. The molecule has 6 heteroatoms. The highest BCUT2D eigenvalue weighted by Gasteiger charge is 2.24. The Balaban J connectivity index is 2.13. The van der Waals surface area contributed by atoms with Gasteiger partial charge in [-0.3, -0.25) is 9.78 Å². The first-order valence-corrected chi connectivity index (χ1v) is 8.50. The largest absolute Gasteiger partial charge is 0.444 e. The van der Waals surface area contributed by atoms with E-state index >= 15 is 0 Å². The van der Waals surface area contributed by atoms with Crippen LogP contribution < -0.4 is 10.6 Å². The fraction of sp³-hybridized carbons (Fsp3) is 0.350. The van der Waals surface area contributed by atoms with E-state index in [0.717, 1.165) is 11.3 Å². The maximum atomic E-state index is 12.7. The normalized spacial score (nSPS) is 12.2. The summed E-state index contributed by atoms with van der Waals surface area (Å²) in [5.74, 6) is -0.315. The van der Waals surface area contributed by atoms with Crippen LogP contribution in [0.3, 0.4) is 0 Å². The Hall–Kier alpha value is -2.89. The molecule has 0 aliphatic rings. The van der Waals surface area contributed by atoms with Gasteiger partial charge >= 0.3 is 6.09 Å². The van der Waals surface area contributed by atoms with Gasteiger partial charge in [-0.1, -0.05) is 30.3 Å². The smallest absolute Gasteiger partial charge is 0.408 e. The summed E-state index contributed by atoms with van der Waals surface area (Å²) in [6, 6.07) is 12.2. The lowest BCUT2D eigenvalue weighted by Gasteiger charge is -2.23. The number of anilines is 1. The Morgan fingerprint density at radius 3 is 2.46 bits per heavy atom. The average molecular weight is 355 g/mol. The van der Waals surface area contributed by atoms with E-state index in [-0.39, 0.29) is 5.91 Å². The van der Waals surface area contributed by atoms with Crippen LogP contribution in [0, 0.1) is 6.92 Å². The fourth-order valence-corrected chi connectivity index (χ4v) is 2.36. The second-order valence-corrected chi connectivity index (χ2v) is 7.06. The summed E-state index contributed by atoms with van der Waals surface area (Å²) in [5, 5.41) is 5.49. The molecule has 1 atom stereocenters. The minimum atomic E-state index is -0.763. The number of alkyl carbamates (subject to hydrolysis) is 1. The van der Waals surface area contributed by atoms with Crippen LogP contribution in [-0.2, 0) is 16.0 Å². The van der Waals surface area contributed by atoms with Gasteiger partial charge in [-0.05, 0) is 45.4 Å². The maximum absolute atomic E-state index is 12.7. The van der Waals surface area contributed by atoms with Crippen molar-refractivity contribution in [1.82, 2.24) is 10.3 Å². The lowest BCUT2D eigenvalue weighted by molar-refractivity contribution is -0.118. The molecule has 0 aliphatic heterocycles. The number of ether oxygens (including phenoxy) is 1. The Kier molecular flexibility index (Phi) is 6.33. The molecular formula is C20H25N3O3. The third-order valence-corrected chi connectivity index (χ3v) is 3.45. The van der Waals surface area contributed by atoms with Crippen molar-refractivity contribution in [2.24, 2.45) is 0 Å². The molecule has 0 spiro atoms. The highest BCUT2D eigenvalue weighted by atomic mass is 16.6. The van der Waals surface area contributed by atoms with Gasteiger partial charge in [0.25, 0.3) is 0 Å². The number of carbonyl (C=O) groups excluding carboxylic acids is 2.